The highest BCUT2D eigenvalue weighted by atomic mass is 35.5. The van der Waals surface area contributed by atoms with Crippen molar-refractivity contribution in [2.24, 2.45) is 7.05 Å². The van der Waals surface area contributed by atoms with Gasteiger partial charge < -0.3 is 10.2 Å². The summed E-state index contributed by atoms with van der Waals surface area (Å²) in [6.07, 6.45) is 0.756. The lowest BCUT2D eigenvalue weighted by molar-refractivity contribution is -0.120. The molecule has 1 atom stereocenters. The number of hydrogen-bond donors (Lipinski definition) is 1. The monoisotopic (exact) mass is 418 g/mol. The predicted molar refractivity (Wildman–Crippen MR) is 114 cm³/mol. The molecular formula is C20H23ClN4O2S. The van der Waals surface area contributed by atoms with Gasteiger partial charge in [0, 0.05) is 29.7 Å². The van der Waals surface area contributed by atoms with Crippen molar-refractivity contribution in [3.8, 4) is 0 Å². The first-order valence-electron chi connectivity index (χ1n) is 9.12. The van der Waals surface area contributed by atoms with E-state index in [1.807, 2.05) is 27.0 Å². The third kappa shape index (κ3) is 4.05. The van der Waals surface area contributed by atoms with Crippen LogP contribution in [0.15, 0.2) is 30.3 Å². The highest BCUT2D eigenvalue weighted by molar-refractivity contribution is 7.20. The molecule has 0 bridgehead atoms. The molecule has 0 aliphatic carbocycles. The Bertz CT molecular complexity index is 992. The van der Waals surface area contributed by atoms with Crippen LogP contribution in [0.3, 0.4) is 0 Å². The maximum atomic E-state index is 13.2. The molecule has 0 spiro atoms. The smallest absolute Gasteiger partial charge is 0.264 e. The van der Waals surface area contributed by atoms with Crippen molar-refractivity contribution in [1.82, 2.24) is 14.7 Å². The summed E-state index contributed by atoms with van der Waals surface area (Å²) in [6.45, 7) is 6.15. The van der Waals surface area contributed by atoms with E-state index in [0.29, 0.717) is 22.1 Å². The van der Waals surface area contributed by atoms with Crippen LogP contribution in [-0.2, 0) is 11.8 Å². The number of rotatable bonds is 6. The Morgan fingerprint density at radius 3 is 2.75 bits per heavy atom. The number of halogens is 1. The SMILES string of the molecule is CCCN(C(=O)c1cc2c(C)nn(C)c2s1)C(C)C(=O)Nc1cccc(Cl)c1. The molecule has 148 valence electrons. The molecule has 8 heteroatoms. The summed E-state index contributed by atoms with van der Waals surface area (Å²) in [5.74, 6) is -0.390. The zero-order chi connectivity index (χ0) is 20.4. The Kier molecular flexibility index (Phi) is 6.05. The van der Waals surface area contributed by atoms with Crippen molar-refractivity contribution in [3.63, 3.8) is 0 Å². The van der Waals surface area contributed by atoms with E-state index >= 15 is 0 Å². The van der Waals surface area contributed by atoms with E-state index in [1.165, 1.54) is 11.3 Å². The first kappa shape index (κ1) is 20.4. The van der Waals surface area contributed by atoms with Crippen LogP contribution in [0.1, 0.15) is 35.6 Å². The number of aromatic nitrogens is 2. The fourth-order valence-electron chi connectivity index (χ4n) is 3.12. The molecule has 0 radical (unpaired) electrons. The van der Waals surface area contributed by atoms with Crippen molar-refractivity contribution in [3.05, 3.63) is 45.9 Å². The minimum Gasteiger partial charge on any atom is -0.326 e. The molecule has 2 heterocycles. The van der Waals surface area contributed by atoms with E-state index in [1.54, 1.807) is 40.8 Å². The Hall–Kier alpha value is -2.38. The zero-order valence-corrected chi connectivity index (χ0v) is 17.9. The lowest BCUT2D eigenvalue weighted by Crippen LogP contribution is -2.45. The third-order valence-corrected chi connectivity index (χ3v) is 6.00. The number of nitrogens with zero attached hydrogens (tertiary/aromatic N) is 3. The number of carbonyl (C=O) groups excluding carboxylic acids is 2. The highest BCUT2D eigenvalue weighted by Crippen LogP contribution is 2.29. The number of fused-ring (bicyclic) bond motifs is 1. The van der Waals surface area contributed by atoms with E-state index in [2.05, 4.69) is 10.4 Å². The number of aryl methyl sites for hydroxylation is 2. The molecule has 1 N–H and O–H groups in total. The summed E-state index contributed by atoms with van der Waals surface area (Å²) >= 11 is 7.38. The maximum absolute atomic E-state index is 13.2. The van der Waals surface area contributed by atoms with Crippen molar-refractivity contribution in [2.45, 2.75) is 33.2 Å². The van der Waals surface area contributed by atoms with Gasteiger partial charge in [-0.25, -0.2) is 0 Å². The van der Waals surface area contributed by atoms with Crippen molar-refractivity contribution in [1.29, 1.82) is 0 Å². The second kappa shape index (κ2) is 8.32. The Morgan fingerprint density at radius 1 is 1.36 bits per heavy atom. The van der Waals surface area contributed by atoms with E-state index in [4.69, 9.17) is 11.6 Å². The number of hydrogen-bond acceptors (Lipinski definition) is 4. The maximum Gasteiger partial charge on any atom is 0.264 e. The lowest BCUT2D eigenvalue weighted by atomic mass is 10.2. The highest BCUT2D eigenvalue weighted by Gasteiger charge is 2.28. The van der Waals surface area contributed by atoms with Gasteiger partial charge in [-0.15, -0.1) is 11.3 Å². The van der Waals surface area contributed by atoms with Crippen LogP contribution < -0.4 is 5.32 Å². The van der Waals surface area contributed by atoms with Crippen LogP contribution in [0.4, 0.5) is 5.69 Å². The van der Waals surface area contributed by atoms with E-state index in [-0.39, 0.29) is 11.8 Å². The van der Waals surface area contributed by atoms with Gasteiger partial charge in [0.2, 0.25) is 5.91 Å². The summed E-state index contributed by atoms with van der Waals surface area (Å²) in [7, 11) is 1.87. The topological polar surface area (TPSA) is 67.2 Å². The Balaban J connectivity index is 1.83. The quantitative estimate of drug-likeness (QED) is 0.641. The standard InChI is InChI=1S/C20H23ClN4O2S/c1-5-9-25(13(3)18(26)22-15-8-6-7-14(21)10-15)19(27)17-11-16-12(2)23-24(4)20(16)28-17/h6-8,10-11,13H,5,9H2,1-4H3,(H,22,26). The van der Waals surface area contributed by atoms with Crippen LogP contribution in [0.5, 0.6) is 0 Å². The van der Waals surface area contributed by atoms with E-state index < -0.39 is 6.04 Å². The van der Waals surface area contributed by atoms with Gasteiger partial charge in [-0.3, -0.25) is 14.3 Å². The fourth-order valence-corrected chi connectivity index (χ4v) is 4.39. The minimum atomic E-state index is -0.615. The van der Waals surface area contributed by atoms with Gasteiger partial charge in [0.25, 0.3) is 5.91 Å². The lowest BCUT2D eigenvalue weighted by Gasteiger charge is -2.27. The summed E-state index contributed by atoms with van der Waals surface area (Å²) in [6, 6.07) is 8.21. The molecule has 28 heavy (non-hydrogen) atoms. The number of anilines is 1. The van der Waals surface area contributed by atoms with Crippen LogP contribution in [-0.4, -0.2) is 39.1 Å². The largest absolute Gasteiger partial charge is 0.326 e. The zero-order valence-electron chi connectivity index (χ0n) is 16.3. The third-order valence-electron chi connectivity index (χ3n) is 4.57. The number of amides is 2. The molecule has 0 aliphatic rings. The predicted octanol–water partition coefficient (Wildman–Crippen LogP) is 4.48. The van der Waals surface area contributed by atoms with Gasteiger partial charge in [-0.2, -0.15) is 5.10 Å². The molecule has 1 unspecified atom stereocenters. The molecule has 2 amide bonds. The van der Waals surface area contributed by atoms with Gasteiger partial charge >= 0.3 is 0 Å². The number of benzene rings is 1. The second-order valence-corrected chi connectivity index (χ2v) is 8.18. The Labute approximate surface area is 173 Å². The van der Waals surface area contributed by atoms with Crippen LogP contribution in [0.2, 0.25) is 5.02 Å². The molecular weight excluding hydrogens is 396 g/mol. The minimum absolute atomic E-state index is 0.142. The molecule has 0 aliphatic heterocycles. The van der Waals surface area contributed by atoms with Gasteiger partial charge in [0.1, 0.15) is 10.9 Å². The molecule has 1 aromatic carbocycles. The van der Waals surface area contributed by atoms with E-state index in [9.17, 15) is 9.59 Å². The number of thiophene rings is 1. The van der Waals surface area contributed by atoms with Gasteiger partial charge in [0.05, 0.1) is 10.6 Å². The summed E-state index contributed by atoms with van der Waals surface area (Å²) in [5.41, 5.74) is 1.50. The molecule has 3 rings (SSSR count). The van der Waals surface area contributed by atoms with E-state index in [0.717, 1.165) is 22.3 Å². The van der Waals surface area contributed by atoms with Crippen LogP contribution in [0, 0.1) is 6.92 Å². The van der Waals surface area contributed by atoms with Gasteiger partial charge in [-0.1, -0.05) is 24.6 Å². The molecule has 6 nitrogen and oxygen atoms in total. The normalized spacial score (nSPS) is 12.2. The summed E-state index contributed by atoms with van der Waals surface area (Å²) < 4.78 is 1.78. The molecule has 0 fully saturated rings. The first-order valence-corrected chi connectivity index (χ1v) is 10.3. The van der Waals surface area contributed by atoms with Crippen molar-refractivity contribution >= 4 is 50.7 Å². The molecule has 0 saturated carbocycles. The van der Waals surface area contributed by atoms with Gasteiger partial charge in [0.15, 0.2) is 0 Å². The van der Waals surface area contributed by atoms with Crippen LogP contribution >= 0.6 is 22.9 Å². The number of nitrogens with one attached hydrogen (secondary N) is 1. The molecule has 0 saturated heterocycles. The van der Waals surface area contributed by atoms with Crippen molar-refractivity contribution in [2.75, 3.05) is 11.9 Å². The average molecular weight is 419 g/mol. The fraction of sp³-hybridized carbons (Fsp3) is 0.350. The van der Waals surface area contributed by atoms with Gasteiger partial charge in [-0.05, 0) is 44.5 Å². The molecule has 3 aromatic rings. The number of carbonyl (C=O) groups is 2. The van der Waals surface area contributed by atoms with Crippen molar-refractivity contribution < 1.29 is 9.59 Å². The van der Waals surface area contributed by atoms with Crippen LogP contribution in [0.25, 0.3) is 10.2 Å². The Morgan fingerprint density at radius 2 is 2.11 bits per heavy atom. The molecule has 2 aromatic heterocycles. The summed E-state index contributed by atoms with van der Waals surface area (Å²) in [4.78, 5) is 29.1. The average Bonchev–Trinajstić information content (AvgIpc) is 3.20. The summed E-state index contributed by atoms with van der Waals surface area (Å²) in [5, 5.41) is 8.73. The second-order valence-electron chi connectivity index (χ2n) is 6.71. The first-order chi connectivity index (χ1) is 13.3.